The van der Waals surface area contributed by atoms with Crippen molar-refractivity contribution < 1.29 is 13.2 Å². The lowest BCUT2D eigenvalue weighted by Gasteiger charge is -2.23. The van der Waals surface area contributed by atoms with Crippen LogP contribution < -0.4 is 15.8 Å². The van der Waals surface area contributed by atoms with Gasteiger partial charge in [-0.2, -0.15) is 4.98 Å². The molecule has 6 nitrogen and oxygen atoms in total. The minimum atomic E-state index is -3.15. The largest absolute Gasteiger partial charge is 0.476 e. The zero-order valence-corrected chi connectivity index (χ0v) is 13.3. The number of pyridine rings is 1. The number of sulfone groups is 1. The summed E-state index contributed by atoms with van der Waals surface area (Å²) < 4.78 is 27.8. The Morgan fingerprint density at radius 3 is 2.60 bits per heavy atom. The number of nitrogen functional groups attached to an aromatic ring is 1. The lowest BCUT2D eigenvalue weighted by molar-refractivity contribution is 0.307. The molecule has 7 heteroatoms. The molecule has 0 radical (unpaired) electrons. The van der Waals surface area contributed by atoms with Crippen molar-refractivity contribution in [3.05, 3.63) is 12.1 Å². The number of ether oxygens (including phenoxy) is 1. The first-order valence-electron chi connectivity index (χ1n) is 6.50. The van der Waals surface area contributed by atoms with Gasteiger partial charge in [-0.3, -0.25) is 0 Å². The van der Waals surface area contributed by atoms with Crippen molar-refractivity contribution in [2.45, 2.75) is 31.9 Å². The Morgan fingerprint density at radius 1 is 1.40 bits per heavy atom. The predicted octanol–water partition coefficient (Wildman–Crippen LogP) is 1.69. The van der Waals surface area contributed by atoms with Gasteiger partial charge in [0, 0.05) is 12.8 Å². The van der Waals surface area contributed by atoms with Crippen LogP contribution >= 0.6 is 0 Å². The van der Waals surface area contributed by atoms with Gasteiger partial charge in [0.1, 0.15) is 5.82 Å². The average Bonchev–Trinajstić information content (AvgIpc) is 2.35. The third-order valence-electron chi connectivity index (χ3n) is 3.03. The Kier molecular flexibility index (Phi) is 5.21. The summed E-state index contributed by atoms with van der Waals surface area (Å²) in [6, 6.07) is 3.39. The first-order valence-corrected chi connectivity index (χ1v) is 8.39. The van der Waals surface area contributed by atoms with E-state index in [-0.39, 0.29) is 6.54 Å². The summed E-state index contributed by atoms with van der Waals surface area (Å²) in [4.78, 5) is 4.24. The van der Waals surface area contributed by atoms with E-state index >= 15 is 0 Å². The van der Waals surface area contributed by atoms with Crippen LogP contribution in [0.1, 0.15) is 27.2 Å². The number of nitrogens with one attached hydrogen (secondary N) is 1. The molecular weight excluding hydrogens is 278 g/mol. The minimum Gasteiger partial charge on any atom is -0.476 e. The van der Waals surface area contributed by atoms with Crippen molar-refractivity contribution in [3.8, 4) is 5.88 Å². The lowest BCUT2D eigenvalue weighted by Crippen LogP contribution is -2.38. The molecule has 20 heavy (non-hydrogen) atoms. The second kappa shape index (κ2) is 6.30. The zero-order chi connectivity index (χ0) is 15.4. The summed E-state index contributed by atoms with van der Waals surface area (Å²) in [7, 11) is -3.15. The van der Waals surface area contributed by atoms with Crippen LogP contribution in [0.5, 0.6) is 5.88 Å². The maximum Gasteiger partial charge on any atom is 0.239 e. The molecule has 0 saturated heterocycles. The summed E-state index contributed by atoms with van der Waals surface area (Å²) in [6.07, 6.45) is 2.08. The van der Waals surface area contributed by atoms with Crippen molar-refractivity contribution >= 4 is 21.3 Å². The van der Waals surface area contributed by atoms with E-state index in [2.05, 4.69) is 10.3 Å². The van der Waals surface area contributed by atoms with Gasteiger partial charge in [0.2, 0.25) is 5.88 Å². The molecule has 0 atom stereocenters. The number of aromatic nitrogens is 1. The van der Waals surface area contributed by atoms with Gasteiger partial charge in [-0.15, -0.1) is 0 Å². The molecule has 0 amide bonds. The SMILES string of the molecule is CCCOc1nc(NCC(C)(C)S(C)(=O)=O)ccc1N. The van der Waals surface area contributed by atoms with Gasteiger partial charge in [0.15, 0.2) is 9.84 Å². The summed E-state index contributed by atoms with van der Waals surface area (Å²) in [5, 5.41) is 3.01. The first kappa shape index (κ1) is 16.6. The summed E-state index contributed by atoms with van der Waals surface area (Å²) in [6.45, 7) is 6.13. The number of nitrogens with two attached hydrogens (primary N) is 1. The van der Waals surface area contributed by atoms with E-state index in [9.17, 15) is 8.42 Å². The van der Waals surface area contributed by atoms with Gasteiger partial charge in [-0.05, 0) is 32.4 Å². The highest BCUT2D eigenvalue weighted by atomic mass is 32.2. The fourth-order valence-corrected chi connectivity index (χ4v) is 1.63. The Hall–Kier alpha value is -1.50. The standard InChI is InChI=1S/C13H23N3O3S/c1-5-8-19-12-10(14)6-7-11(16-12)15-9-13(2,3)20(4,17)18/h6-7H,5,8-9,14H2,1-4H3,(H,15,16). The summed E-state index contributed by atoms with van der Waals surface area (Å²) >= 11 is 0. The minimum absolute atomic E-state index is 0.260. The quantitative estimate of drug-likeness (QED) is 0.796. The average molecular weight is 301 g/mol. The van der Waals surface area contributed by atoms with Crippen LogP contribution in [0.2, 0.25) is 0 Å². The highest BCUT2D eigenvalue weighted by molar-refractivity contribution is 7.92. The van der Waals surface area contributed by atoms with E-state index in [0.717, 1.165) is 6.42 Å². The molecule has 0 aromatic carbocycles. The molecule has 0 saturated carbocycles. The smallest absolute Gasteiger partial charge is 0.239 e. The molecule has 114 valence electrons. The second-order valence-corrected chi connectivity index (χ2v) is 7.97. The molecule has 1 aromatic heterocycles. The molecule has 0 unspecified atom stereocenters. The van der Waals surface area contributed by atoms with Gasteiger partial charge in [-0.1, -0.05) is 6.92 Å². The Balaban J connectivity index is 2.79. The van der Waals surface area contributed by atoms with Gasteiger partial charge >= 0.3 is 0 Å². The van der Waals surface area contributed by atoms with Crippen LogP contribution in [-0.2, 0) is 9.84 Å². The molecule has 1 heterocycles. The van der Waals surface area contributed by atoms with Crippen LogP contribution in [0.15, 0.2) is 12.1 Å². The van der Waals surface area contributed by atoms with Crippen LogP contribution in [0.4, 0.5) is 11.5 Å². The van der Waals surface area contributed by atoms with E-state index in [1.807, 2.05) is 6.92 Å². The fraction of sp³-hybridized carbons (Fsp3) is 0.615. The van der Waals surface area contributed by atoms with Crippen LogP contribution in [0.3, 0.4) is 0 Å². The molecule has 1 aromatic rings. The van der Waals surface area contributed by atoms with Crippen molar-refractivity contribution in [1.82, 2.24) is 4.98 Å². The van der Waals surface area contributed by atoms with Crippen LogP contribution in [0, 0.1) is 0 Å². The Morgan fingerprint density at radius 2 is 2.05 bits per heavy atom. The maximum absolute atomic E-state index is 11.6. The van der Waals surface area contributed by atoms with Gasteiger partial charge in [0.25, 0.3) is 0 Å². The topological polar surface area (TPSA) is 94.3 Å². The third-order valence-corrected chi connectivity index (χ3v) is 5.18. The number of hydrogen-bond donors (Lipinski definition) is 2. The van der Waals surface area contributed by atoms with Gasteiger partial charge in [-0.25, -0.2) is 8.42 Å². The summed E-state index contributed by atoms with van der Waals surface area (Å²) in [5.74, 6) is 0.913. The maximum atomic E-state index is 11.6. The molecule has 0 aliphatic rings. The van der Waals surface area contributed by atoms with Crippen LogP contribution in [-0.4, -0.2) is 37.6 Å². The molecule has 0 spiro atoms. The van der Waals surface area contributed by atoms with Crippen LogP contribution in [0.25, 0.3) is 0 Å². The highest BCUT2D eigenvalue weighted by Crippen LogP contribution is 2.22. The molecule has 0 aliphatic carbocycles. The lowest BCUT2D eigenvalue weighted by atomic mass is 10.2. The van der Waals surface area contributed by atoms with Crippen molar-refractivity contribution in [2.75, 3.05) is 30.5 Å². The van der Waals surface area contributed by atoms with Gasteiger partial charge < -0.3 is 15.8 Å². The highest BCUT2D eigenvalue weighted by Gasteiger charge is 2.29. The monoisotopic (exact) mass is 301 g/mol. The number of rotatable bonds is 7. The summed E-state index contributed by atoms with van der Waals surface area (Å²) in [5.41, 5.74) is 6.23. The van der Waals surface area contributed by atoms with Crippen molar-refractivity contribution in [3.63, 3.8) is 0 Å². The number of hydrogen-bond acceptors (Lipinski definition) is 6. The third kappa shape index (κ3) is 4.26. The van der Waals surface area contributed by atoms with E-state index in [4.69, 9.17) is 10.5 Å². The van der Waals surface area contributed by atoms with Crippen molar-refractivity contribution in [2.24, 2.45) is 0 Å². The molecular formula is C13H23N3O3S. The molecule has 0 fully saturated rings. The van der Waals surface area contributed by atoms with Crippen molar-refractivity contribution in [1.29, 1.82) is 0 Å². The molecule has 0 bridgehead atoms. The van der Waals surface area contributed by atoms with Gasteiger partial charge in [0.05, 0.1) is 17.0 Å². The molecule has 3 N–H and O–H groups in total. The predicted molar refractivity (Wildman–Crippen MR) is 81.8 cm³/mol. The second-order valence-electron chi connectivity index (χ2n) is 5.32. The van der Waals surface area contributed by atoms with E-state index in [1.54, 1.807) is 26.0 Å². The van der Waals surface area contributed by atoms with E-state index in [1.165, 1.54) is 6.26 Å². The first-order chi connectivity index (χ1) is 9.17. The van der Waals surface area contributed by atoms with E-state index < -0.39 is 14.6 Å². The zero-order valence-electron chi connectivity index (χ0n) is 12.4. The Bertz CT molecular complexity index is 556. The fourth-order valence-electron chi connectivity index (χ4n) is 1.30. The molecule has 1 rings (SSSR count). The molecule has 0 aliphatic heterocycles. The number of anilines is 2. The number of nitrogens with zero attached hydrogens (tertiary/aromatic N) is 1. The normalized spacial score (nSPS) is 12.2. The Labute approximate surface area is 120 Å². The van der Waals surface area contributed by atoms with E-state index in [0.29, 0.717) is 24.0 Å².